The average Bonchev–Trinajstić information content (AvgIpc) is 2.40. The summed E-state index contributed by atoms with van der Waals surface area (Å²) in [6, 6.07) is 0. The fraction of sp³-hybridized carbons (Fsp3) is 0.833. The lowest BCUT2D eigenvalue weighted by atomic mass is 10.2. The van der Waals surface area contributed by atoms with Crippen LogP contribution in [0.5, 0.6) is 0 Å². The van der Waals surface area contributed by atoms with Gasteiger partial charge in [-0.2, -0.15) is 0 Å². The zero-order valence-corrected chi connectivity index (χ0v) is 6.14. The third kappa shape index (κ3) is 1.11. The summed E-state index contributed by atoms with van der Waals surface area (Å²) in [5, 5.41) is 20.5. The molecule has 1 N–H and O–H groups in total. The zero-order chi connectivity index (χ0) is 7.68. The van der Waals surface area contributed by atoms with E-state index in [2.05, 4.69) is 15.5 Å². The van der Waals surface area contributed by atoms with Crippen LogP contribution in [0.1, 0.15) is 31.2 Å². The molecule has 2 rings (SSSR count). The molecule has 0 radical (unpaired) electrons. The quantitative estimate of drug-likeness (QED) is 0.566. The van der Waals surface area contributed by atoms with Crippen LogP contribution in [-0.4, -0.2) is 25.3 Å². The number of hydrogen-bond donors (Lipinski definition) is 1. The summed E-state index contributed by atoms with van der Waals surface area (Å²) >= 11 is 0. The van der Waals surface area contributed by atoms with Crippen LogP contribution in [0.4, 0.5) is 0 Å². The summed E-state index contributed by atoms with van der Waals surface area (Å²) in [6.07, 6.45) is 2.40. The number of tetrazole rings is 1. The van der Waals surface area contributed by atoms with Crippen LogP contribution in [0.3, 0.4) is 0 Å². The van der Waals surface area contributed by atoms with Gasteiger partial charge in [0.05, 0.1) is 0 Å². The van der Waals surface area contributed by atoms with Crippen molar-refractivity contribution in [1.29, 1.82) is 0 Å². The van der Waals surface area contributed by atoms with Crippen LogP contribution >= 0.6 is 0 Å². The van der Waals surface area contributed by atoms with Crippen molar-refractivity contribution in [3.63, 3.8) is 0 Å². The molecule has 2 heterocycles. The van der Waals surface area contributed by atoms with E-state index in [4.69, 9.17) is 0 Å². The average molecular weight is 154 g/mol. The van der Waals surface area contributed by atoms with E-state index in [1.165, 1.54) is 0 Å². The van der Waals surface area contributed by atoms with Gasteiger partial charge in [0.15, 0.2) is 5.82 Å². The molecule has 1 atom stereocenters. The molecule has 0 bridgehead atoms. The highest BCUT2D eigenvalue weighted by Gasteiger charge is 2.18. The van der Waals surface area contributed by atoms with Crippen LogP contribution < -0.4 is 0 Å². The third-order valence-corrected chi connectivity index (χ3v) is 1.96. The molecule has 0 aliphatic carbocycles. The summed E-state index contributed by atoms with van der Waals surface area (Å²) in [5.41, 5.74) is 0. The maximum absolute atomic E-state index is 9.47. The zero-order valence-electron chi connectivity index (χ0n) is 6.14. The Balaban J connectivity index is 2.34. The maximum Gasteiger partial charge on any atom is 0.179 e. The Kier molecular flexibility index (Phi) is 1.58. The Hall–Kier alpha value is -0.970. The fourth-order valence-corrected chi connectivity index (χ4v) is 1.34. The van der Waals surface area contributed by atoms with Crippen molar-refractivity contribution in [2.24, 2.45) is 0 Å². The molecular weight excluding hydrogens is 144 g/mol. The van der Waals surface area contributed by atoms with Gasteiger partial charge in [0.2, 0.25) is 0 Å². The molecule has 11 heavy (non-hydrogen) atoms. The molecule has 1 unspecified atom stereocenters. The van der Waals surface area contributed by atoms with Gasteiger partial charge in [0, 0.05) is 6.54 Å². The lowest BCUT2D eigenvalue weighted by molar-refractivity contribution is 0.156. The van der Waals surface area contributed by atoms with Crippen molar-refractivity contribution in [3.05, 3.63) is 5.82 Å². The third-order valence-electron chi connectivity index (χ3n) is 1.96. The molecule has 0 amide bonds. The second-order valence-corrected chi connectivity index (χ2v) is 2.77. The molecule has 1 aromatic rings. The van der Waals surface area contributed by atoms with Gasteiger partial charge in [-0.25, -0.2) is 4.68 Å². The summed E-state index contributed by atoms with van der Waals surface area (Å²) < 4.78 is 1.68. The first-order chi connectivity index (χ1) is 5.38. The normalized spacial score (nSPS) is 24.3. The molecule has 0 aromatic carbocycles. The van der Waals surface area contributed by atoms with Crippen LogP contribution in [0.2, 0.25) is 0 Å². The van der Waals surface area contributed by atoms with Crippen molar-refractivity contribution in [2.75, 3.05) is 0 Å². The van der Waals surface area contributed by atoms with Gasteiger partial charge in [-0.05, 0) is 29.7 Å². The number of rotatable bonds is 0. The van der Waals surface area contributed by atoms with E-state index in [0.717, 1.165) is 25.8 Å². The van der Waals surface area contributed by atoms with Gasteiger partial charge in [0.25, 0.3) is 0 Å². The fourth-order valence-electron chi connectivity index (χ4n) is 1.34. The minimum atomic E-state index is -0.465. The smallest absolute Gasteiger partial charge is 0.179 e. The molecule has 1 aromatic heterocycles. The Labute approximate surface area is 64.0 Å². The number of aliphatic hydroxyl groups excluding tert-OH is 1. The highest BCUT2D eigenvalue weighted by molar-refractivity contribution is 4.88. The number of aryl methyl sites for hydroxylation is 1. The van der Waals surface area contributed by atoms with E-state index in [0.29, 0.717) is 5.82 Å². The first-order valence-corrected chi connectivity index (χ1v) is 3.82. The number of hydrogen-bond acceptors (Lipinski definition) is 4. The molecule has 5 heteroatoms. The minimum Gasteiger partial charge on any atom is -0.385 e. The molecule has 60 valence electrons. The molecule has 1 aliphatic rings. The predicted octanol–water partition coefficient (Wildman–Crippen LogP) is -0.110. The maximum atomic E-state index is 9.47. The number of aromatic nitrogens is 4. The molecule has 0 spiro atoms. The Morgan fingerprint density at radius 2 is 2.36 bits per heavy atom. The Morgan fingerprint density at radius 3 is 3.27 bits per heavy atom. The predicted molar refractivity (Wildman–Crippen MR) is 36.6 cm³/mol. The SMILES string of the molecule is OC1CCCCn2nnnc21. The van der Waals surface area contributed by atoms with Crippen molar-refractivity contribution in [3.8, 4) is 0 Å². The molecular formula is C6H10N4O. The highest BCUT2D eigenvalue weighted by Crippen LogP contribution is 2.20. The topological polar surface area (TPSA) is 63.8 Å². The van der Waals surface area contributed by atoms with Gasteiger partial charge < -0.3 is 5.11 Å². The summed E-state index contributed by atoms with van der Waals surface area (Å²) in [5.74, 6) is 0.613. The van der Waals surface area contributed by atoms with Crippen LogP contribution in [-0.2, 0) is 6.54 Å². The van der Waals surface area contributed by atoms with E-state index in [-0.39, 0.29) is 0 Å². The Bertz CT molecular complexity index is 246. The number of fused-ring (bicyclic) bond motifs is 1. The van der Waals surface area contributed by atoms with Gasteiger partial charge in [-0.3, -0.25) is 0 Å². The van der Waals surface area contributed by atoms with E-state index in [1.807, 2.05) is 0 Å². The van der Waals surface area contributed by atoms with Crippen LogP contribution in [0.15, 0.2) is 0 Å². The first-order valence-electron chi connectivity index (χ1n) is 3.82. The second kappa shape index (κ2) is 2.58. The van der Waals surface area contributed by atoms with Gasteiger partial charge >= 0.3 is 0 Å². The second-order valence-electron chi connectivity index (χ2n) is 2.77. The lowest BCUT2D eigenvalue weighted by Crippen LogP contribution is -2.06. The first kappa shape index (κ1) is 6.72. The lowest BCUT2D eigenvalue weighted by Gasteiger charge is -2.02. The molecule has 5 nitrogen and oxygen atoms in total. The number of aliphatic hydroxyl groups is 1. The summed E-state index contributed by atoms with van der Waals surface area (Å²) in [7, 11) is 0. The number of nitrogens with zero attached hydrogens (tertiary/aromatic N) is 4. The molecule has 0 saturated carbocycles. The van der Waals surface area contributed by atoms with E-state index < -0.39 is 6.10 Å². The van der Waals surface area contributed by atoms with Crippen molar-refractivity contribution >= 4 is 0 Å². The minimum absolute atomic E-state index is 0.465. The summed E-state index contributed by atoms with van der Waals surface area (Å²) in [6.45, 7) is 0.833. The van der Waals surface area contributed by atoms with Crippen molar-refractivity contribution < 1.29 is 5.11 Å². The van der Waals surface area contributed by atoms with Gasteiger partial charge in [0.1, 0.15) is 6.10 Å². The van der Waals surface area contributed by atoms with Crippen molar-refractivity contribution in [1.82, 2.24) is 20.2 Å². The van der Waals surface area contributed by atoms with Crippen molar-refractivity contribution in [2.45, 2.75) is 31.9 Å². The van der Waals surface area contributed by atoms with Gasteiger partial charge in [-0.15, -0.1) is 5.10 Å². The molecule has 0 saturated heterocycles. The Morgan fingerprint density at radius 1 is 1.45 bits per heavy atom. The molecule has 0 fully saturated rings. The van der Waals surface area contributed by atoms with Crippen LogP contribution in [0, 0.1) is 0 Å². The largest absolute Gasteiger partial charge is 0.385 e. The van der Waals surface area contributed by atoms with E-state index in [9.17, 15) is 5.11 Å². The van der Waals surface area contributed by atoms with Gasteiger partial charge in [-0.1, -0.05) is 0 Å². The standard InChI is InChI=1S/C6H10N4O/c11-5-3-1-2-4-10-6(5)7-8-9-10/h5,11H,1-4H2. The summed E-state index contributed by atoms with van der Waals surface area (Å²) in [4.78, 5) is 0. The van der Waals surface area contributed by atoms with Crippen LogP contribution in [0.25, 0.3) is 0 Å². The molecule has 1 aliphatic heterocycles. The van der Waals surface area contributed by atoms with E-state index >= 15 is 0 Å². The monoisotopic (exact) mass is 154 g/mol. The highest BCUT2D eigenvalue weighted by atomic mass is 16.3. The van der Waals surface area contributed by atoms with E-state index in [1.54, 1.807) is 4.68 Å².